The van der Waals surface area contributed by atoms with E-state index in [0.29, 0.717) is 6.54 Å². The lowest BCUT2D eigenvalue weighted by atomic mass is 9.99. The Morgan fingerprint density at radius 3 is 2.06 bits per heavy atom. The quantitative estimate of drug-likeness (QED) is 0.717. The fourth-order valence-electron chi connectivity index (χ4n) is 4.63. The molecule has 2 heterocycles. The number of hydrogen-bond donors (Lipinski definition) is 2. The van der Waals surface area contributed by atoms with Crippen LogP contribution in [-0.4, -0.2) is 35.7 Å². The molecule has 2 aromatic carbocycles. The number of rotatable bonds is 6. The van der Waals surface area contributed by atoms with Crippen molar-refractivity contribution in [2.24, 2.45) is 5.73 Å². The van der Waals surface area contributed by atoms with Crippen LogP contribution in [-0.2, 0) is 22.6 Å². The van der Waals surface area contributed by atoms with Crippen LogP contribution in [0.4, 0.5) is 0 Å². The minimum absolute atomic E-state index is 0.0274. The first-order valence-electron chi connectivity index (χ1n) is 11.8. The second-order valence-corrected chi connectivity index (χ2v) is 8.86. The van der Waals surface area contributed by atoms with Gasteiger partial charge in [0, 0.05) is 25.1 Å². The van der Waals surface area contributed by atoms with Crippen LogP contribution in [0.15, 0.2) is 48.5 Å². The van der Waals surface area contributed by atoms with E-state index in [9.17, 15) is 5.11 Å². The molecule has 0 bridgehead atoms. The van der Waals surface area contributed by atoms with E-state index in [1.54, 1.807) is 0 Å². The number of likely N-dealkylation sites (tertiary alicyclic amines) is 1. The number of nitrogens with zero attached hydrogens (tertiary/aromatic N) is 1. The van der Waals surface area contributed by atoms with Gasteiger partial charge in [0.2, 0.25) is 0 Å². The minimum Gasteiger partial charge on any atom is -0.392 e. The molecule has 0 spiro atoms. The molecular weight excluding hydrogens is 388 g/mol. The summed E-state index contributed by atoms with van der Waals surface area (Å²) in [5.74, 6) is 0. The topological polar surface area (TPSA) is 68.0 Å². The summed E-state index contributed by atoms with van der Waals surface area (Å²) >= 11 is 0. The SMILES string of the molecule is NCc1ccc([C@H]2O[C@@H](CN3CCCCCCC3)C[C@@H](c3ccc(CO)cc3)O2)cc1. The van der Waals surface area contributed by atoms with Crippen molar-refractivity contribution in [2.45, 2.75) is 70.2 Å². The van der Waals surface area contributed by atoms with Gasteiger partial charge in [-0.15, -0.1) is 0 Å². The van der Waals surface area contributed by atoms with Crippen molar-refractivity contribution in [1.82, 2.24) is 4.90 Å². The molecular formula is C26H36N2O3. The van der Waals surface area contributed by atoms with Crippen molar-refractivity contribution in [3.8, 4) is 0 Å². The lowest BCUT2D eigenvalue weighted by molar-refractivity contribution is -0.253. The van der Waals surface area contributed by atoms with Gasteiger partial charge in [0.05, 0.1) is 18.8 Å². The van der Waals surface area contributed by atoms with Crippen molar-refractivity contribution in [3.63, 3.8) is 0 Å². The Morgan fingerprint density at radius 2 is 1.42 bits per heavy atom. The third kappa shape index (κ3) is 6.15. The number of nitrogens with two attached hydrogens (primary N) is 1. The Hall–Kier alpha value is -1.76. The number of hydrogen-bond acceptors (Lipinski definition) is 5. The van der Waals surface area contributed by atoms with Gasteiger partial charge < -0.3 is 25.2 Å². The highest BCUT2D eigenvalue weighted by molar-refractivity contribution is 5.26. The molecule has 2 aliphatic rings. The molecule has 2 saturated heterocycles. The van der Waals surface area contributed by atoms with E-state index in [1.807, 2.05) is 12.1 Å². The van der Waals surface area contributed by atoms with Crippen LogP contribution in [0, 0.1) is 0 Å². The summed E-state index contributed by atoms with van der Waals surface area (Å²) in [5.41, 5.74) is 9.96. The zero-order valence-corrected chi connectivity index (χ0v) is 18.4. The van der Waals surface area contributed by atoms with Gasteiger partial charge in [-0.25, -0.2) is 0 Å². The van der Waals surface area contributed by atoms with Crippen LogP contribution < -0.4 is 5.73 Å². The predicted octanol–water partition coefficient (Wildman–Crippen LogP) is 4.45. The highest BCUT2D eigenvalue weighted by Crippen LogP contribution is 2.38. The minimum atomic E-state index is -0.386. The Morgan fingerprint density at radius 1 is 0.806 bits per heavy atom. The van der Waals surface area contributed by atoms with Crippen molar-refractivity contribution in [1.29, 1.82) is 0 Å². The van der Waals surface area contributed by atoms with Gasteiger partial charge in [0.25, 0.3) is 0 Å². The number of benzene rings is 2. The van der Waals surface area contributed by atoms with Crippen molar-refractivity contribution >= 4 is 0 Å². The molecule has 5 nitrogen and oxygen atoms in total. The molecule has 3 N–H and O–H groups in total. The molecule has 2 aliphatic heterocycles. The molecule has 4 rings (SSSR count). The Balaban J connectivity index is 1.51. The molecule has 168 valence electrons. The molecule has 0 radical (unpaired) electrons. The van der Waals surface area contributed by atoms with Gasteiger partial charge in [-0.3, -0.25) is 0 Å². The molecule has 0 saturated carbocycles. The van der Waals surface area contributed by atoms with Crippen molar-refractivity contribution in [2.75, 3.05) is 19.6 Å². The number of aliphatic hydroxyl groups is 1. The summed E-state index contributed by atoms with van der Waals surface area (Å²) in [6.45, 7) is 3.86. The highest BCUT2D eigenvalue weighted by atomic mass is 16.7. The Bertz CT molecular complexity index is 730. The van der Waals surface area contributed by atoms with E-state index in [0.717, 1.165) is 48.3 Å². The lowest BCUT2D eigenvalue weighted by Crippen LogP contribution is -2.40. The summed E-state index contributed by atoms with van der Waals surface area (Å²) in [5, 5.41) is 9.37. The summed E-state index contributed by atoms with van der Waals surface area (Å²) in [4.78, 5) is 2.58. The number of aliphatic hydroxyl groups excluding tert-OH is 1. The predicted molar refractivity (Wildman–Crippen MR) is 122 cm³/mol. The van der Waals surface area contributed by atoms with Gasteiger partial charge in [-0.1, -0.05) is 67.8 Å². The second-order valence-electron chi connectivity index (χ2n) is 8.86. The maximum atomic E-state index is 9.37. The molecule has 31 heavy (non-hydrogen) atoms. The van der Waals surface area contributed by atoms with E-state index < -0.39 is 0 Å². The third-order valence-corrected chi connectivity index (χ3v) is 6.51. The molecule has 3 atom stereocenters. The standard InChI is InChI=1S/C26H36N2O3/c27-17-20-6-12-23(13-7-20)26-30-24(18-28-14-4-2-1-3-5-15-28)16-25(31-26)22-10-8-21(19-29)9-11-22/h6-13,24-26,29H,1-5,14-19,27H2/t24-,25+,26+/m1/s1. The van der Waals surface area contributed by atoms with Crippen molar-refractivity contribution in [3.05, 3.63) is 70.8 Å². The molecule has 5 heteroatoms. The molecule has 0 unspecified atom stereocenters. The molecule has 2 aromatic rings. The first kappa shape index (κ1) is 22.4. The van der Waals surface area contributed by atoms with Gasteiger partial charge in [-0.05, 0) is 42.6 Å². The average molecular weight is 425 g/mol. The fourth-order valence-corrected chi connectivity index (χ4v) is 4.63. The Kier molecular flexibility index (Phi) is 8.11. The van der Waals surface area contributed by atoms with E-state index in [1.165, 1.54) is 32.1 Å². The van der Waals surface area contributed by atoms with Crippen LogP contribution in [0.25, 0.3) is 0 Å². The zero-order chi connectivity index (χ0) is 21.5. The van der Waals surface area contributed by atoms with E-state index in [-0.39, 0.29) is 25.1 Å². The first-order valence-corrected chi connectivity index (χ1v) is 11.8. The van der Waals surface area contributed by atoms with Gasteiger partial charge in [0.15, 0.2) is 6.29 Å². The lowest BCUT2D eigenvalue weighted by Gasteiger charge is -2.38. The second kappa shape index (κ2) is 11.2. The first-order chi connectivity index (χ1) is 15.2. The summed E-state index contributed by atoms with van der Waals surface area (Å²) in [7, 11) is 0. The zero-order valence-electron chi connectivity index (χ0n) is 18.4. The van der Waals surface area contributed by atoms with E-state index >= 15 is 0 Å². The third-order valence-electron chi connectivity index (χ3n) is 6.51. The summed E-state index contributed by atoms with van der Waals surface area (Å²) in [6, 6.07) is 16.3. The highest BCUT2D eigenvalue weighted by Gasteiger charge is 2.33. The molecule has 0 aromatic heterocycles. The van der Waals surface area contributed by atoms with Crippen LogP contribution >= 0.6 is 0 Å². The van der Waals surface area contributed by atoms with E-state index in [2.05, 4.69) is 41.3 Å². The maximum Gasteiger partial charge on any atom is 0.184 e. The molecule has 0 amide bonds. The summed E-state index contributed by atoms with van der Waals surface area (Å²) in [6.07, 6.45) is 7.14. The van der Waals surface area contributed by atoms with Crippen LogP contribution in [0.1, 0.15) is 73.2 Å². The summed E-state index contributed by atoms with van der Waals surface area (Å²) < 4.78 is 12.9. The van der Waals surface area contributed by atoms with E-state index in [4.69, 9.17) is 15.2 Å². The van der Waals surface area contributed by atoms with Gasteiger partial charge >= 0.3 is 0 Å². The average Bonchev–Trinajstić information content (AvgIpc) is 2.80. The van der Waals surface area contributed by atoms with Crippen LogP contribution in [0.5, 0.6) is 0 Å². The largest absolute Gasteiger partial charge is 0.392 e. The van der Waals surface area contributed by atoms with Gasteiger partial charge in [-0.2, -0.15) is 0 Å². The van der Waals surface area contributed by atoms with Crippen LogP contribution in [0.3, 0.4) is 0 Å². The van der Waals surface area contributed by atoms with Crippen LogP contribution in [0.2, 0.25) is 0 Å². The number of ether oxygens (including phenoxy) is 2. The maximum absolute atomic E-state index is 9.37. The van der Waals surface area contributed by atoms with Gasteiger partial charge in [0.1, 0.15) is 0 Å². The van der Waals surface area contributed by atoms with Crippen molar-refractivity contribution < 1.29 is 14.6 Å². The normalized spacial score (nSPS) is 25.7. The Labute approximate surface area is 186 Å². The monoisotopic (exact) mass is 424 g/mol. The molecule has 0 aliphatic carbocycles. The molecule has 2 fully saturated rings. The fraction of sp³-hybridized carbons (Fsp3) is 0.538. The smallest absolute Gasteiger partial charge is 0.184 e.